The molecule has 0 amide bonds. The Kier molecular flexibility index (Phi) is 2.33. The van der Waals surface area contributed by atoms with Crippen molar-refractivity contribution in [1.82, 2.24) is 14.5 Å². The lowest BCUT2D eigenvalue weighted by atomic mass is 10.3. The molecule has 2 N–H and O–H groups in total. The second kappa shape index (κ2) is 3.85. The molecule has 0 spiro atoms. The molecule has 5 heteroatoms. The number of nitrogen functional groups attached to an aromatic ring is 1. The number of aryl methyl sites for hydroxylation is 1. The molecule has 0 fully saturated rings. The Morgan fingerprint density at radius 2 is 2.18 bits per heavy atom. The van der Waals surface area contributed by atoms with E-state index in [-0.39, 0.29) is 0 Å². The van der Waals surface area contributed by atoms with E-state index in [2.05, 4.69) is 26.8 Å². The number of fused-ring (bicyclic) bond motifs is 1. The van der Waals surface area contributed by atoms with Crippen LogP contribution in [0.4, 0.5) is 5.95 Å². The summed E-state index contributed by atoms with van der Waals surface area (Å²) in [7, 11) is 0. The van der Waals surface area contributed by atoms with Gasteiger partial charge < -0.3 is 5.73 Å². The zero-order valence-corrected chi connectivity index (χ0v) is 10.2. The van der Waals surface area contributed by atoms with Gasteiger partial charge in [-0.2, -0.15) is 11.3 Å². The summed E-state index contributed by atoms with van der Waals surface area (Å²) in [5.74, 6) is 0.518. The number of hydrogen-bond donors (Lipinski definition) is 1. The predicted molar refractivity (Wildman–Crippen MR) is 70.1 cm³/mol. The maximum Gasteiger partial charge on any atom is 0.202 e. The molecular formula is C12H12N4S. The highest BCUT2D eigenvalue weighted by molar-refractivity contribution is 7.07. The van der Waals surface area contributed by atoms with Crippen LogP contribution >= 0.6 is 11.3 Å². The summed E-state index contributed by atoms with van der Waals surface area (Å²) in [6, 6.07) is 5.99. The number of pyridine rings is 1. The summed E-state index contributed by atoms with van der Waals surface area (Å²) < 4.78 is 1.95. The maximum atomic E-state index is 5.94. The molecule has 86 valence electrons. The smallest absolute Gasteiger partial charge is 0.202 e. The normalized spacial score (nSPS) is 11.1. The van der Waals surface area contributed by atoms with E-state index in [4.69, 9.17) is 5.73 Å². The van der Waals surface area contributed by atoms with Crippen LogP contribution in [0.5, 0.6) is 0 Å². The molecule has 0 unspecified atom stereocenters. The van der Waals surface area contributed by atoms with E-state index in [1.807, 2.05) is 23.6 Å². The predicted octanol–water partition coefficient (Wildman–Crippen LogP) is 2.43. The minimum atomic E-state index is 0.518. The van der Waals surface area contributed by atoms with E-state index in [0.717, 1.165) is 23.4 Å². The molecule has 3 heterocycles. The second-order valence-electron chi connectivity index (χ2n) is 3.98. The third kappa shape index (κ3) is 1.78. The Balaban J connectivity index is 2.14. The van der Waals surface area contributed by atoms with Crippen molar-refractivity contribution in [3.05, 3.63) is 40.2 Å². The third-order valence-electron chi connectivity index (χ3n) is 2.68. The lowest BCUT2D eigenvalue weighted by Crippen LogP contribution is -2.04. The monoisotopic (exact) mass is 244 g/mol. The van der Waals surface area contributed by atoms with Crippen molar-refractivity contribution in [2.45, 2.75) is 13.5 Å². The van der Waals surface area contributed by atoms with Crippen LogP contribution in [0.3, 0.4) is 0 Å². The fraction of sp³-hybridized carbons (Fsp3) is 0.167. The van der Waals surface area contributed by atoms with Gasteiger partial charge in [0.25, 0.3) is 0 Å². The molecule has 3 aromatic heterocycles. The van der Waals surface area contributed by atoms with Crippen LogP contribution in [0.25, 0.3) is 11.2 Å². The van der Waals surface area contributed by atoms with Crippen molar-refractivity contribution in [1.29, 1.82) is 0 Å². The summed E-state index contributed by atoms with van der Waals surface area (Å²) in [5.41, 5.74) is 9.84. The summed E-state index contributed by atoms with van der Waals surface area (Å²) in [6.45, 7) is 2.69. The summed E-state index contributed by atoms with van der Waals surface area (Å²) in [5, 5.41) is 4.17. The molecule has 0 aliphatic heterocycles. The minimum Gasteiger partial charge on any atom is -0.369 e. The van der Waals surface area contributed by atoms with E-state index in [1.165, 1.54) is 5.56 Å². The number of thiophene rings is 1. The van der Waals surface area contributed by atoms with Gasteiger partial charge in [0, 0.05) is 5.69 Å². The van der Waals surface area contributed by atoms with Gasteiger partial charge in [-0.1, -0.05) is 0 Å². The van der Waals surface area contributed by atoms with Gasteiger partial charge in [-0.25, -0.2) is 9.97 Å². The first-order valence-corrected chi connectivity index (χ1v) is 6.29. The lowest BCUT2D eigenvalue weighted by molar-refractivity contribution is 0.829. The molecule has 0 aliphatic carbocycles. The number of nitrogens with two attached hydrogens (primary N) is 1. The van der Waals surface area contributed by atoms with Crippen molar-refractivity contribution in [2.24, 2.45) is 0 Å². The van der Waals surface area contributed by atoms with Crippen molar-refractivity contribution < 1.29 is 0 Å². The summed E-state index contributed by atoms with van der Waals surface area (Å²) in [6.07, 6.45) is 0. The first-order chi connectivity index (χ1) is 8.24. The Morgan fingerprint density at radius 1 is 1.29 bits per heavy atom. The first kappa shape index (κ1) is 10.3. The maximum absolute atomic E-state index is 5.94. The van der Waals surface area contributed by atoms with Crippen molar-refractivity contribution in [3.63, 3.8) is 0 Å². The fourth-order valence-corrected chi connectivity index (χ4v) is 2.49. The minimum absolute atomic E-state index is 0.518. The van der Waals surface area contributed by atoms with E-state index >= 15 is 0 Å². The molecule has 4 nitrogen and oxygen atoms in total. The highest BCUT2D eigenvalue weighted by atomic mass is 32.1. The number of nitrogens with zero attached hydrogens (tertiary/aromatic N) is 3. The number of anilines is 1. The quantitative estimate of drug-likeness (QED) is 0.753. The molecule has 3 aromatic rings. The third-order valence-corrected chi connectivity index (χ3v) is 3.41. The molecule has 0 saturated heterocycles. The van der Waals surface area contributed by atoms with Crippen molar-refractivity contribution in [3.8, 4) is 0 Å². The van der Waals surface area contributed by atoms with Gasteiger partial charge in [-0.05, 0) is 41.4 Å². The highest BCUT2D eigenvalue weighted by Gasteiger charge is 2.09. The van der Waals surface area contributed by atoms with Gasteiger partial charge in [-0.15, -0.1) is 0 Å². The molecule has 0 saturated carbocycles. The van der Waals surface area contributed by atoms with Crippen LogP contribution in [0.2, 0.25) is 0 Å². The van der Waals surface area contributed by atoms with Gasteiger partial charge in [0.15, 0.2) is 5.65 Å². The fourth-order valence-electron chi connectivity index (χ4n) is 1.83. The van der Waals surface area contributed by atoms with Crippen LogP contribution in [-0.4, -0.2) is 14.5 Å². The molecule has 17 heavy (non-hydrogen) atoms. The zero-order chi connectivity index (χ0) is 11.8. The number of aromatic nitrogens is 3. The molecule has 0 aromatic carbocycles. The van der Waals surface area contributed by atoms with Crippen LogP contribution in [0.1, 0.15) is 11.3 Å². The largest absolute Gasteiger partial charge is 0.369 e. The first-order valence-electron chi connectivity index (χ1n) is 5.34. The van der Waals surface area contributed by atoms with E-state index < -0.39 is 0 Å². The second-order valence-corrected chi connectivity index (χ2v) is 4.76. The Bertz CT molecular complexity index is 655. The molecular weight excluding hydrogens is 232 g/mol. The summed E-state index contributed by atoms with van der Waals surface area (Å²) >= 11 is 1.68. The summed E-state index contributed by atoms with van der Waals surface area (Å²) in [4.78, 5) is 8.82. The zero-order valence-electron chi connectivity index (χ0n) is 9.42. The lowest BCUT2D eigenvalue weighted by Gasteiger charge is -2.04. The van der Waals surface area contributed by atoms with Gasteiger partial charge >= 0.3 is 0 Å². The SMILES string of the molecule is Cc1ccc2nc(N)n(Cc3ccsc3)c2n1. The van der Waals surface area contributed by atoms with Gasteiger partial charge in [0.05, 0.1) is 6.54 Å². The van der Waals surface area contributed by atoms with Crippen molar-refractivity contribution >= 4 is 28.4 Å². The highest BCUT2D eigenvalue weighted by Crippen LogP contribution is 2.19. The topological polar surface area (TPSA) is 56.7 Å². The Morgan fingerprint density at radius 3 is 2.94 bits per heavy atom. The average Bonchev–Trinajstić information content (AvgIpc) is 2.90. The van der Waals surface area contributed by atoms with E-state index in [9.17, 15) is 0 Å². The van der Waals surface area contributed by atoms with Gasteiger partial charge in [-0.3, -0.25) is 4.57 Å². The van der Waals surface area contributed by atoms with E-state index in [0.29, 0.717) is 5.95 Å². The van der Waals surface area contributed by atoms with Gasteiger partial charge in [0.2, 0.25) is 5.95 Å². The van der Waals surface area contributed by atoms with Gasteiger partial charge in [0.1, 0.15) is 5.52 Å². The number of imidazole rings is 1. The molecule has 0 radical (unpaired) electrons. The standard InChI is InChI=1S/C12H12N4S/c1-8-2-3-10-11(14-8)16(12(13)15-10)6-9-4-5-17-7-9/h2-5,7H,6H2,1H3,(H2,13,15). The Hall–Kier alpha value is -1.88. The number of hydrogen-bond acceptors (Lipinski definition) is 4. The van der Waals surface area contributed by atoms with Crippen LogP contribution in [0.15, 0.2) is 29.0 Å². The van der Waals surface area contributed by atoms with Crippen LogP contribution in [-0.2, 0) is 6.54 Å². The molecule has 0 atom stereocenters. The average molecular weight is 244 g/mol. The van der Waals surface area contributed by atoms with E-state index in [1.54, 1.807) is 11.3 Å². The van der Waals surface area contributed by atoms with Crippen LogP contribution < -0.4 is 5.73 Å². The molecule has 0 bridgehead atoms. The molecule has 0 aliphatic rings. The Labute approximate surface area is 103 Å². The van der Waals surface area contributed by atoms with Crippen molar-refractivity contribution in [2.75, 3.05) is 5.73 Å². The molecule has 3 rings (SSSR count). The number of rotatable bonds is 2. The van der Waals surface area contributed by atoms with Crippen LogP contribution in [0, 0.1) is 6.92 Å².